The Morgan fingerprint density at radius 2 is 1.88 bits per heavy atom. The summed E-state index contributed by atoms with van der Waals surface area (Å²) in [5, 5.41) is 2.35. The summed E-state index contributed by atoms with van der Waals surface area (Å²) >= 11 is 0. The van der Waals surface area contributed by atoms with Crippen LogP contribution in [0.15, 0.2) is 42.5 Å². The highest BCUT2D eigenvalue weighted by molar-refractivity contribution is 5.92. The standard InChI is InChI=1S/C22H28N2O2/c1-4-9-20(25)24-15-8-14-22(24,2)21(26)23(3)16-18-12-7-11-17-10-5-6-13-19(17)18/h5-7,10-13H,4,8-9,14-16H2,1-3H3. The van der Waals surface area contributed by atoms with Crippen molar-refractivity contribution in [2.24, 2.45) is 0 Å². The van der Waals surface area contributed by atoms with Crippen LogP contribution < -0.4 is 0 Å². The van der Waals surface area contributed by atoms with E-state index in [4.69, 9.17) is 0 Å². The topological polar surface area (TPSA) is 40.6 Å². The van der Waals surface area contributed by atoms with E-state index in [0.717, 1.165) is 24.8 Å². The highest BCUT2D eigenvalue weighted by atomic mass is 16.2. The molecule has 2 amide bonds. The maximum atomic E-state index is 13.3. The van der Waals surface area contributed by atoms with Gasteiger partial charge in [-0.3, -0.25) is 9.59 Å². The van der Waals surface area contributed by atoms with Gasteiger partial charge in [0.25, 0.3) is 0 Å². The summed E-state index contributed by atoms with van der Waals surface area (Å²) < 4.78 is 0. The highest BCUT2D eigenvalue weighted by Crippen LogP contribution is 2.32. The molecule has 26 heavy (non-hydrogen) atoms. The fraction of sp³-hybridized carbons (Fsp3) is 0.455. The second kappa shape index (κ2) is 7.48. The van der Waals surface area contributed by atoms with Gasteiger partial charge in [-0.05, 0) is 42.5 Å². The molecule has 4 nitrogen and oxygen atoms in total. The molecule has 0 saturated carbocycles. The number of carbonyl (C=O) groups excluding carboxylic acids is 2. The number of hydrogen-bond acceptors (Lipinski definition) is 2. The van der Waals surface area contributed by atoms with Gasteiger partial charge in [-0.25, -0.2) is 0 Å². The molecule has 1 heterocycles. The van der Waals surface area contributed by atoms with Crippen molar-refractivity contribution in [2.75, 3.05) is 13.6 Å². The molecule has 0 bridgehead atoms. The second-order valence-electron chi connectivity index (χ2n) is 7.47. The Bertz CT molecular complexity index is 811. The van der Waals surface area contributed by atoms with Crippen LogP contribution >= 0.6 is 0 Å². The third-order valence-electron chi connectivity index (χ3n) is 5.50. The van der Waals surface area contributed by atoms with Crippen molar-refractivity contribution < 1.29 is 9.59 Å². The zero-order valence-corrected chi connectivity index (χ0v) is 16.0. The lowest BCUT2D eigenvalue weighted by Gasteiger charge is -2.37. The van der Waals surface area contributed by atoms with Gasteiger partial charge >= 0.3 is 0 Å². The Balaban J connectivity index is 1.81. The molecule has 1 fully saturated rings. The van der Waals surface area contributed by atoms with Crippen molar-refractivity contribution in [3.8, 4) is 0 Å². The molecule has 0 aromatic heterocycles. The molecule has 3 rings (SSSR count). The van der Waals surface area contributed by atoms with Gasteiger partial charge in [-0.15, -0.1) is 0 Å². The number of hydrogen-bond donors (Lipinski definition) is 0. The summed E-state index contributed by atoms with van der Waals surface area (Å²) in [4.78, 5) is 29.3. The largest absolute Gasteiger partial charge is 0.339 e. The minimum absolute atomic E-state index is 0.0346. The Morgan fingerprint density at radius 1 is 1.15 bits per heavy atom. The second-order valence-corrected chi connectivity index (χ2v) is 7.47. The SMILES string of the molecule is CCCC(=O)N1CCCC1(C)C(=O)N(C)Cc1cccc2ccccc12. The predicted molar refractivity (Wildman–Crippen MR) is 105 cm³/mol. The fourth-order valence-electron chi connectivity index (χ4n) is 4.10. The normalized spacial score (nSPS) is 19.7. The molecule has 1 atom stereocenters. The molecule has 0 spiro atoms. The zero-order valence-electron chi connectivity index (χ0n) is 16.0. The number of likely N-dealkylation sites (N-methyl/N-ethyl adjacent to an activating group) is 1. The van der Waals surface area contributed by atoms with Crippen molar-refractivity contribution in [3.63, 3.8) is 0 Å². The molecule has 1 aliphatic rings. The van der Waals surface area contributed by atoms with Gasteiger partial charge in [0.05, 0.1) is 0 Å². The van der Waals surface area contributed by atoms with Gasteiger partial charge in [0, 0.05) is 26.6 Å². The van der Waals surface area contributed by atoms with E-state index in [1.165, 1.54) is 10.8 Å². The van der Waals surface area contributed by atoms with Crippen LogP contribution in [0.25, 0.3) is 10.8 Å². The van der Waals surface area contributed by atoms with E-state index in [2.05, 4.69) is 24.3 Å². The Labute approximate surface area is 155 Å². The number of amides is 2. The first-order valence-corrected chi connectivity index (χ1v) is 9.50. The molecule has 2 aromatic rings. The van der Waals surface area contributed by atoms with Crippen LogP contribution in [0.3, 0.4) is 0 Å². The Morgan fingerprint density at radius 3 is 2.65 bits per heavy atom. The number of benzene rings is 2. The molecule has 4 heteroatoms. The molecule has 0 radical (unpaired) electrons. The lowest BCUT2D eigenvalue weighted by molar-refractivity contribution is -0.150. The highest BCUT2D eigenvalue weighted by Gasteiger charge is 2.46. The number of carbonyl (C=O) groups is 2. The number of likely N-dealkylation sites (tertiary alicyclic amines) is 1. The molecule has 1 aliphatic heterocycles. The van der Waals surface area contributed by atoms with Crippen LogP contribution in [-0.4, -0.2) is 40.7 Å². The predicted octanol–water partition coefficient (Wildman–Crippen LogP) is 3.98. The van der Waals surface area contributed by atoms with Gasteiger partial charge < -0.3 is 9.80 Å². The number of rotatable bonds is 5. The quantitative estimate of drug-likeness (QED) is 0.817. The summed E-state index contributed by atoms with van der Waals surface area (Å²) in [5.74, 6) is 0.131. The van der Waals surface area contributed by atoms with Crippen molar-refractivity contribution in [1.82, 2.24) is 9.80 Å². The van der Waals surface area contributed by atoms with Crippen LogP contribution in [0.2, 0.25) is 0 Å². The first-order chi connectivity index (χ1) is 12.5. The molecule has 0 N–H and O–H groups in total. The molecule has 1 saturated heterocycles. The molecule has 2 aromatic carbocycles. The van der Waals surface area contributed by atoms with E-state index in [9.17, 15) is 9.59 Å². The van der Waals surface area contributed by atoms with Gasteiger partial charge in [-0.2, -0.15) is 0 Å². The molecular formula is C22H28N2O2. The maximum absolute atomic E-state index is 13.3. The van der Waals surface area contributed by atoms with Crippen LogP contribution in [-0.2, 0) is 16.1 Å². The van der Waals surface area contributed by atoms with E-state index in [0.29, 0.717) is 19.5 Å². The molecule has 0 aliphatic carbocycles. The third kappa shape index (κ3) is 3.33. The van der Waals surface area contributed by atoms with Crippen molar-refractivity contribution >= 4 is 22.6 Å². The number of fused-ring (bicyclic) bond motifs is 1. The summed E-state index contributed by atoms with van der Waals surface area (Å²) in [7, 11) is 1.84. The molecule has 138 valence electrons. The lowest BCUT2D eigenvalue weighted by atomic mass is 9.95. The molecule has 1 unspecified atom stereocenters. The zero-order chi connectivity index (χ0) is 18.7. The number of nitrogens with zero attached hydrogens (tertiary/aromatic N) is 2. The van der Waals surface area contributed by atoms with Crippen LogP contribution in [0.5, 0.6) is 0 Å². The van der Waals surface area contributed by atoms with E-state index < -0.39 is 5.54 Å². The van der Waals surface area contributed by atoms with E-state index in [1.54, 1.807) is 9.80 Å². The van der Waals surface area contributed by atoms with Crippen LogP contribution in [0.4, 0.5) is 0 Å². The smallest absolute Gasteiger partial charge is 0.248 e. The van der Waals surface area contributed by atoms with E-state index in [1.807, 2.05) is 39.1 Å². The molecular weight excluding hydrogens is 324 g/mol. The Kier molecular flexibility index (Phi) is 5.30. The van der Waals surface area contributed by atoms with E-state index in [-0.39, 0.29) is 11.8 Å². The lowest BCUT2D eigenvalue weighted by Crippen LogP contribution is -2.55. The first-order valence-electron chi connectivity index (χ1n) is 9.50. The minimum Gasteiger partial charge on any atom is -0.339 e. The monoisotopic (exact) mass is 352 g/mol. The Hall–Kier alpha value is -2.36. The van der Waals surface area contributed by atoms with Crippen LogP contribution in [0, 0.1) is 0 Å². The average molecular weight is 352 g/mol. The van der Waals surface area contributed by atoms with Gasteiger partial charge in [0.15, 0.2) is 0 Å². The van der Waals surface area contributed by atoms with Gasteiger partial charge in [-0.1, -0.05) is 49.4 Å². The maximum Gasteiger partial charge on any atom is 0.248 e. The van der Waals surface area contributed by atoms with E-state index >= 15 is 0 Å². The van der Waals surface area contributed by atoms with Crippen molar-refractivity contribution in [1.29, 1.82) is 0 Å². The van der Waals surface area contributed by atoms with Gasteiger partial charge in [0.2, 0.25) is 11.8 Å². The summed E-state index contributed by atoms with van der Waals surface area (Å²) in [6.45, 7) is 5.16. The van der Waals surface area contributed by atoms with Crippen LogP contribution in [0.1, 0.15) is 45.1 Å². The van der Waals surface area contributed by atoms with Crippen molar-refractivity contribution in [3.05, 3.63) is 48.0 Å². The third-order valence-corrected chi connectivity index (χ3v) is 5.50. The summed E-state index contributed by atoms with van der Waals surface area (Å²) in [6.07, 6.45) is 2.95. The average Bonchev–Trinajstić information content (AvgIpc) is 3.04. The van der Waals surface area contributed by atoms with Crippen molar-refractivity contribution in [2.45, 2.75) is 51.6 Å². The van der Waals surface area contributed by atoms with Gasteiger partial charge in [0.1, 0.15) is 5.54 Å². The summed E-state index contributed by atoms with van der Waals surface area (Å²) in [5.41, 5.74) is 0.415. The minimum atomic E-state index is -0.717. The fourth-order valence-corrected chi connectivity index (χ4v) is 4.10. The first kappa shape index (κ1) is 18.4. The summed E-state index contributed by atoms with van der Waals surface area (Å²) in [6, 6.07) is 14.4.